The summed E-state index contributed by atoms with van der Waals surface area (Å²) in [6.07, 6.45) is 0.912. The van der Waals surface area contributed by atoms with E-state index in [-0.39, 0.29) is 6.03 Å². The van der Waals surface area contributed by atoms with Crippen LogP contribution in [0.3, 0.4) is 0 Å². The van der Waals surface area contributed by atoms with Crippen LogP contribution < -0.4 is 5.32 Å². The number of benzene rings is 1. The van der Waals surface area contributed by atoms with Crippen LogP contribution in [0, 0.1) is 0 Å². The molecule has 4 nitrogen and oxygen atoms in total. The monoisotopic (exact) mass is 247 g/mol. The Morgan fingerprint density at radius 2 is 1.94 bits per heavy atom. The van der Waals surface area contributed by atoms with Crippen molar-refractivity contribution in [3.63, 3.8) is 0 Å². The van der Waals surface area contributed by atoms with E-state index >= 15 is 0 Å². The third kappa shape index (κ3) is 3.47. The van der Waals surface area contributed by atoms with Gasteiger partial charge in [-0.2, -0.15) is 0 Å². The molecule has 18 heavy (non-hydrogen) atoms. The summed E-state index contributed by atoms with van der Waals surface area (Å²) in [5.41, 5.74) is 1.28. The topological polar surface area (TPSA) is 35.6 Å². The Hall–Kier alpha value is -1.55. The summed E-state index contributed by atoms with van der Waals surface area (Å²) in [5.74, 6) is 0. The fourth-order valence-electron chi connectivity index (χ4n) is 2.13. The number of rotatable bonds is 3. The molecular formula is C14H21N3O. The zero-order valence-corrected chi connectivity index (χ0v) is 10.9. The van der Waals surface area contributed by atoms with E-state index in [4.69, 9.17) is 0 Å². The molecule has 0 radical (unpaired) electrons. The molecule has 98 valence electrons. The van der Waals surface area contributed by atoms with Gasteiger partial charge in [0.25, 0.3) is 0 Å². The van der Waals surface area contributed by atoms with Gasteiger partial charge in [0.2, 0.25) is 0 Å². The summed E-state index contributed by atoms with van der Waals surface area (Å²) in [7, 11) is 1.88. The molecule has 0 spiro atoms. The Kier molecular flexibility index (Phi) is 4.59. The highest BCUT2D eigenvalue weighted by molar-refractivity contribution is 5.74. The van der Waals surface area contributed by atoms with Crippen molar-refractivity contribution in [2.45, 2.75) is 6.42 Å². The largest absolute Gasteiger partial charge is 0.327 e. The molecule has 0 atom stereocenters. The van der Waals surface area contributed by atoms with Crippen LogP contribution in [-0.4, -0.2) is 55.6 Å². The van der Waals surface area contributed by atoms with E-state index in [0.29, 0.717) is 0 Å². The fraction of sp³-hybridized carbons (Fsp3) is 0.500. The highest BCUT2D eigenvalue weighted by atomic mass is 16.2. The number of nitrogens with zero attached hydrogens (tertiary/aromatic N) is 2. The van der Waals surface area contributed by atoms with Crippen LogP contribution in [0.5, 0.6) is 0 Å². The second-order valence-corrected chi connectivity index (χ2v) is 4.68. The van der Waals surface area contributed by atoms with E-state index in [0.717, 1.165) is 39.1 Å². The van der Waals surface area contributed by atoms with Crippen LogP contribution in [0.2, 0.25) is 0 Å². The molecule has 1 aliphatic rings. The molecule has 0 saturated carbocycles. The second kappa shape index (κ2) is 6.40. The van der Waals surface area contributed by atoms with Gasteiger partial charge in [-0.05, 0) is 12.0 Å². The number of hydrogen-bond donors (Lipinski definition) is 1. The molecule has 1 saturated heterocycles. The average Bonchev–Trinajstić information content (AvgIpc) is 2.46. The molecule has 1 N–H and O–H groups in total. The van der Waals surface area contributed by atoms with Crippen molar-refractivity contribution in [3.8, 4) is 0 Å². The minimum atomic E-state index is 0.146. The minimum Gasteiger partial charge on any atom is -0.327 e. The first-order valence-corrected chi connectivity index (χ1v) is 6.52. The third-order valence-corrected chi connectivity index (χ3v) is 3.29. The summed E-state index contributed by atoms with van der Waals surface area (Å²) >= 11 is 0. The predicted molar refractivity (Wildman–Crippen MR) is 72.6 cm³/mol. The summed E-state index contributed by atoms with van der Waals surface area (Å²) in [5, 5.41) is 3.25. The van der Waals surface area contributed by atoms with Gasteiger partial charge in [0.05, 0.1) is 0 Å². The number of likely N-dealkylation sites (N-methyl/N-ethyl adjacent to an activating group) is 1. The maximum absolute atomic E-state index is 12.1. The molecule has 0 bridgehead atoms. The highest BCUT2D eigenvalue weighted by Gasteiger charge is 2.19. The third-order valence-electron chi connectivity index (χ3n) is 3.29. The lowest BCUT2D eigenvalue weighted by Crippen LogP contribution is -2.50. The SMILES string of the molecule is CN(CCc1ccccc1)C(=O)N1CCNCC1. The summed E-state index contributed by atoms with van der Waals surface area (Å²) in [4.78, 5) is 15.9. The Labute approximate surface area is 109 Å². The van der Waals surface area contributed by atoms with Gasteiger partial charge in [0.15, 0.2) is 0 Å². The van der Waals surface area contributed by atoms with E-state index in [2.05, 4.69) is 17.4 Å². The number of hydrogen-bond acceptors (Lipinski definition) is 2. The lowest BCUT2D eigenvalue weighted by atomic mass is 10.1. The zero-order chi connectivity index (χ0) is 12.8. The number of nitrogens with one attached hydrogen (secondary N) is 1. The number of amides is 2. The first kappa shape index (κ1) is 12.9. The van der Waals surface area contributed by atoms with Crippen LogP contribution in [0.4, 0.5) is 4.79 Å². The molecule has 1 aromatic rings. The average molecular weight is 247 g/mol. The number of carbonyl (C=O) groups is 1. The van der Waals surface area contributed by atoms with Crippen LogP contribution in [0.15, 0.2) is 30.3 Å². The standard InChI is InChI=1S/C14H21N3O/c1-16(10-7-13-5-3-2-4-6-13)14(18)17-11-8-15-9-12-17/h2-6,15H,7-12H2,1H3. The molecule has 1 heterocycles. The van der Waals surface area contributed by atoms with Crippen molar-refractivity contribution in [2.24, 2.45) is 0 Å². The quantitative estimate of drug-likeness (QED) is 0.871. The predicted octanol–water partition coefficient (Wildman–Crippen LogP) is 1.19. The van der Waals surface area contributed by atoms with Crippen molar-refractivity contribution < 1.29 is 4.79 Å². The lowest BCUT2D eigenvalue weighted by molar-refractivity contribution is 0.156. The fourth-order valence-corrected chi connectivity index (χ4v) is 2.13. The van der Waals surface area contributed by atoms with E-state index in [1.807, 2.05) is 35.0 Å². The van der Waals surface area contributed by atoms with Gasteiger partial charge >= 0.3 is 6.03 Å². The van der Waals surface area contributed by atoms with Gasteiger partial charge in [0.1, 0.15) is 0 Å². The molecule has 0 aliphatic carbocycles. The Balaban J connectivity index is 1.80. The van der Waals surface area contributed by atoms with E-state index < -0.39 is 0 Å². The maximum Gasteiger partial charge on any atom is 0.319 e. The molecule has 0 unspecified atom stereocenters. The number of piperazine rings is 1. The van der Waals surface area contributed by atoms with Gasteiger partial charge in [-0.1, -0.05) is 30.3 Å². The Morgan fingerprint density at radius 1 is 1.28 bits per heavy atom. The zero-order valence-electron chi connectivity index (χ0n) is 10.9. The van der Waals surface area contributed by atoms with Gasteiger partial charge in [-0.3, -0.25) is 0 Å². The molecule has 1 fully saturated rings. The van der Waals surface area contributed by atoms with Crippen molar-refractivity contribution >= 4 is 6.03 Å². The highest BCUT2D eigenvalue weighted by Crippen LogP contribution is 2.03. The summed E-state index contributed by atoms with van der Waals surface area (Å²) in [6, 6.07) is 10.4. The van der Waals surface area contributed by atoms with Crippen molar-refractivity contribution in [1.29, 1.82) is 0 Å². The normalized spacial score (nSPS) is 15.5. The van der Waals surface area contributed by atoms with Crippen LogP contribution >= 0.6 is 0 Å². The molecule has 1 aliphatic heterocycles. The molecule has 2 rings (SSSR count). The van der Waals surface area contributed by atoms with E-state index in [1.165, 1.54) is 5.56 Å². The number of urea groups is 1. The Bertz CT molecular complexity index is 374. The first-order valence-electron chi connectivity index (χ1n) is 6.52. The lowest BCUT2D eigenvalue weighted by Gasteiger charge is -2.31. The smallest absolute Gasteiger partial charge is 0.319 e. The van der Waals surface area contributed by atoms with Gasteiger partial charge in [0, 0.05) is 39.8 Å². The molecule has 4 heteroatoms. The van der Waals surface area contributed by atoms with Gasteiger partial charge in [-0.25, -0.2) is 4.79 Å². The molecule has 0 aromatic heterocycles. The second-order valence-electron chi connectivity index (χ2n) is 4.68. The summed E-state index contributed by atoms with van der Waals surface area (Å²) < 4.78 is 0. The Morgan fingerprint density at radius 3 is 2.61 bits per heavy atom. The van der Waals surface area contributed by atoms with Gasteiger partial charge < -0.3 is 15.1 Å². The van der Waals surface area contributed by atoms with Crippen LogP contribution in [0.25, 0.3) is 0 Å². The minimum absolute atomic E-state index is 0.146. The van der Waals surface area contributed by atoms with Gasteiger partial charge in [-0.15, -0.1) is 0 Å². The van der Waals surface area contributed by atoms with Crippen molar-refractivity contribution in [1.82, 2.24) is 15.1 Å². The molecule has 1 aromatic carbocycles. The maximum atomic E-state index is 12.1. The first-order chi connectivity index (χ1) is 8.77. The van der Waals surface area contributed by atoms with Crippen LogP contribution in [0.1, 0.15) is 5.56 Å². The molecular weight excluding hydrogens is 226 g/mol. The molecule has 2 amide bonds. The van der Waals surface area contributed by atoms with Crippen molar-refractivity contribution in [2.75, 3.05) is 39.8 Å². The van der Waals surface area contributed by atoms with E-state index in [9.17, 15) is 4.79 Å². The number of carbonyl (C=O) groups excluding carboxylic acids is 1. The summed E-state index contributed by atoms with van der Waals surface area (Å²) in [6.45, 7) is 4.20. The van der Waals surface area contributed by atoms with Crippen molar-refractivity contribution in [3.05, 3.63) is 35.9 Å². The van der Waals surface area contributed by atoms with Crippen LogP contribution in [-0.2, 0) is 6.42 Å². The van der Waals surface area contributed by atoms with E-state index in [1.54, 1.807) is 0 Å².